The molecule has 0 unspecified atom stereocenters. The van der Waals surface area contributed by atoms with Gasteiger partial charge >= 0.3 is 0 Å². The zero-order valence-electron chi connectivity index (χ0n) is 18.3. The molecule has 1 aliphatic carbocycles. The van der Waals surface area contributed by atoms with Gasteiger partial charge in [-0.05, 0) is 61.3 Å². The van der Waals surface area contributed by atoms with Crippen LogP contribution in [0.4, 0.5) is 0 Å². The van der Waals surface area contributed by atoms with Gasteiger partial charge in [0.05, 0.1) is 13.2 Å². The summed E-state index contributed by atoms with van der Waals surface area (Å²) in [7, 11) is 0. The molecule has 1 saturated carbocycles. The molecule has 3 heteroatoms. The largest absolute Gasteiger partial charge is 0.456 e. The molecule has 2 heterocycles. The van der Waals surface area contributed by atoms with Crippen LogP contribution in [0.15, 0.2) is 28.7 Å². The van der Waals surface area contributed by atoms with Crippen molar-refractivity contribution < 1.29 is 13.9 Å². The third-order valence-corrected chi connectivity index (χ3v) is 7.08. The summed E-state index contributed by atoms with van der Waals surface area (Å²) in [4.78, 5) is 0. The number of unbranched alkanes of at least 4 members (excludes halogenated alkanes) is 2. The Morgan fingerprint density at radius 2 is 1.66 bits per heavy atom. The Bertz CT molecular complexity index is 748. The van der Waals surface area contributed by atoms with Crippen molar-refractivity contribution in [1.29, 1.82) is 0 Å². The number of hydrogen-bond acceptors (Lipinski definition) is 3. The Morgan fingerprint density at radius 3 is 2.38 bits per heavy atom. The summed E-state index contributed by atoms with van der Waals surface area (Å²) < 4.78 is 18.3. The molecule has 0 spiro atoms. The van der Waals surface area contributed by atoms with E-state index in [0.717, 1.165) is 48.2 Å². The van der Waals surface area contributed by atoms with Gasteiger partial charge in [-0.1, -0.05) is 58.4 Å². The van der Waals surface area contributed by atoms with Gasteiger partial charge in [-0.15, -0.1) is 0 Å². The SMILES string of the molecule is CCCCCc1ccc2oc(C3OCC(C4CCC(CCC)CC4)CO3)cc2c1. The number of rotatable bonds is 8. The molecule has 1 aromatic carbocycles. The Hall–Kier alpha value is -1.32. The number of aryl methyl sites for hydroxylation is 1. The highest BCUT2D eigenvalue weighted by atomic mass is 16.7. The van der Waals surface area contributed by atoms with Crippen molar-refractivity contribution in [3.05, 3.63) is 35.6 Å². The second-order valence-electron chi connectivity index (χ2n) is 9.31. The fraction of sp³-hybridized carbons (Fsp3) is 0.692. The van der Waals surface area contributed by atoms with E-state index in [1.807, 2.05) is 0 Å². The van der Waals surface area contributed by atoms with Crippen LogP contribution in [-0.4, -0.2) is 13.2 Å². The minimum atomic E-state index is -0.348. The van der Waals surface area contributed by atoms with Crippen LogP contribution >= 0.6 is 0 Å². The maximum Gasteiger partial charge on any atom is 0.217 e. The van der Waals surface area contributed by atoms with Crippen LogP contribution < -0.4 is 0 Å². The topological polar surface area (TPSA) is 31.6 Å². The lowest BCUT2D eigenvalue weighted by molar-refractivity contribution is -0.221. The van der Waals surface area contributed by atoms with Crippen molar-refractivity contribution in [2.75, 3.05) is 13.2 Å². The first kappa shape index (κ1) is 20.9. The normalized spacial score (nSPS) is 28.1. The second-order valence-corrected chi connectivity index (χ2v) is 9.31. The number of hydrogen-bond donors (Lipinski definition) is 0. The zero-order valence-corrected chi connectivity index (χ0v) is 18.3. The average Bonchev–Trinajstić information content (AvgIpc) is 3.18. The minimum Gasteiger partial charge on any atom is -0.456 e. The second kappa shape index (κ2) is 10.1. The summed E-state index contributed by atoms with van der Waals surface area (Å²) in [5.74, 6) is 3.08. The molecular formula is C26H38O3. The van der Waals surface area contributed by atoms with Gasteiger partial charge in [0, 0.05) is 11.3 Å². The molecule has 2 fully saturated rings. The molecule has 0 atom stereocenters. The molecule has 1 aromatic heterocycles. The fourth-order valence-corrected chi connectivity index (χ4v) is 5.28. The van der Waals surface area contributed by atoms with E-state index in [4.69, 9.17) is 13.9 Å². The standard InChI is InChI=1S/C26H38O3/c1-3-5-6-8-20-11-14-24-22(15-20)16-25(29-24)26-27-17-23(18-28-26)21-12-9-19(7-4-2)10-13-21/h11,14-16,19,21,23,26H,3-10,12-13,17-18H2,1-2H3. The maximum atomic E-state index is 6.13. The first-order chi connectivity index (χ1) is 14.3. The number of benzene rings is 1. The highest BCUT2D eigenvalue weighted by Crippen LogP contribution is 2.39. The number of fused-ring (bicyclic) bond motifs is 1. The first-order valence-electron chi connectivity index (χ1n) is 12.0. The van der Waals surface area contributed by atoms with Gasteiger partial charge in [-0.25, -0.2) is 0 Å². The highest BCUT2D eigenvalue weighted by Gasteiger charge is 2.33. The summed E-state index contributed by atoms with van der Waals surface area (Å²) in [5.41, 5.74) is 2.32. The Labute approximate surface area is 176 Å². The van der Waals surface area contributed by atoms with Gasteiger partial charge in [0.2, 0.25) is 6.29 Å². The molecule has 0 N–H and O–H groups in total. The molecule has 0 radical (unpaired) electrons. The van der Waals surface area contributed by atoms with Gasteiger partial charge in [-0.3, -0.25) is 0 Å². The summed E-state index contributed by atoms with van der Waals surface area (Å²) in [6, 6.07) is 8.66. The first-order valence-corrected chi connectivity index (χ1v) is 12.0. The van der Waals surface area contributed by atoms with E-state index in [0.29, 0.717) is 5.92 Å². The molecule has 0 bridgehead atoms. The van der Waals surface area contributed by atoms with Gasteiger partial charge in [0.15, 0.2) is 5.76 Å². The predicted molar refractivity (Wildman–Crippen MR) is 118 cm³/mol. The molecule has 0 amide bonds. The van der Waals surface area contributed by atoms with Crippen LogP contribution in [-0.2, 0) is 15.9 Å². The molecule has 2 aromatic rings. The van der Waals surface area contributed by atoms with Gasteiger partial charge in [0.1, 0.15) is 5.58 Å². The van der Waals surface area contributed by atoms with Crippen molar-refractivity contribution in [1.82, 2.24) is 0 Å². The van der Waals surface area contributed by atoms with Crippen LogP contribution in [0.5, 0.6) is 0 Å². The summed E-state index contributed by atoms with van der Waals surface area (Å²) in [5, 5.41) is 1.16. The third kappa shape index (κ3) is 5.24. The van der Waals surface area contributed by atoms with Crippen molar-refractivity contribution in [3.8, 4) is 0 Å². The molecule has 2 aliphatic rings. The van der Waals surface area contributed by atoms with Crippen LogP contribution in [0, 0.1) is 17.8 Å². The van der Waals surface area contributed by atoms with E-state index in [1.165, 1.54) is 63.4 Å². The van der Waals surface area contributed by atoms with E-state index >= 15 is 0 Å². The Morgan fingerprint density at radius 1 is 0.862 bits per heavy atom. The van der Waals surface area contributed by atoms with Gasteiger partial charge in [0.25, 0.3) is 0 Å². The van der Waals surface area contributed by atoms with Gasteiger partial charge in [-0.2, -0.15) is 0 Å². The molecule has 1 saturated heterocycles. The van der Waals surface area contributed by atoms with E-state index < -0.39 is 0 Å². The Kier molecular flexibility index (Phi) is 7.31. The maximum absolute atomic E-state index is 6.13. The van der Waals surface area contributed by atoms with E-state index in [-0.39, 0.29) is 6.29 Å². The van der Waals surface area contributed by atoms with Crippen molar-refractivity contribution in [3.63, 3.8) is 0 Å². The lowest BCUT2D eigenvalue weighted by Gasteiger charge is -2.37. The van der Waals surface area contributed by atoms with E-state index in [2.05, 4.69) is 38.1 Å². The van der Waals surface area contributed by atoms with Gasteiger partial charge < -0.3 is 13.9 Å². The van der Waals surface area contributed by atoms with E-state index in [9.17, 15) is 0 Å². The van der Waals surface area contributed by atoms with Crippen LogP contribution in [0.25, 0.3) is 11.0 Å². The molecule has 4 rings (SSSR count). The van der Waals surface area contributed by atoms with E-state index in [1.54, 1.807) is 0 Å². The summed E-state index contributed by atoms with van der Waals surface area (Å²) in [6.07, 6.45) is 12.8. The molecule has 3 nitrogen and oxygen atoms in total. The average molecular weight is 399 g/mol. The quantitative estimate of drug-likeness (QED) is 0.433. The third-order valence-electron chi connectivity index (χ3n) is 7.08. The minimum absolute atomic E-state index is 0.348. The molecule has 1 aliphatic heterocycles. The number of furan rings is 1. The zero-order chi connectivity index (χ0) is 20.1. The van der Waals surface area contributed by atoms with Crippen molar-refractivity contribution in [2.24, 2.45) is 17.8 Å². The Balaban J connectivity index is 1.31. The lowest BCUT2D eigenvalue weighted by atomic mass is 9.75. The van der Waals surface area contributed by atoms with Crippen LogP contribution in [0.2, 0.25) is 0 Å². The number of ether oxygens (including phenoxy) is 2. The monoisotopic (exact) mass is 398 g/mol. The van der Waals surface area contributed by atoms with Crippen molar-refractivity contribution in [2.45, 2.75) is 84.3 Å². The fourth-order valence-electron chi connectivity index (χ4n) is 5.28. The molecule has 29 heavy (non-hydrogen) atoms. The predicted octanol–water partition coefficient (Wildman–Crippen LogP) is 7.43. The lowest BCUT2D eigenvalue weighted by Crippen LogP contribution is -2.34. The summed E-state index contributed by atoms with van der Waals surface area (Å²) in [6.45, 7) is 6.15. The van der Waals surface area contributed by atoms with Crippen molar-refractivity contribution >= 4 is 11.0 Å². The molecular weight excluding hydrogens is 360 g/mol. The molecule has 160 valence electrons. The summed E-state index contributed by atoms with van der Waals surface area (Å²) >= 11 is 0. The highest BCUT2D eigenvalue weighted by molar-refractivity contribution is 5.78. The van der Waals surface area contributed by atoms with Crippen LogP contribution in [0.3, 0.4) is 0 Å². The smallest absolute Gasteiger partial charge is 0.217 e. The van der Waals surface area contributed by atoms with Crippen LogP contribution in [0.1, 0.15) is 89.2 Å².